The Morgan fingerprint density at radius 2 is 1.24 bits per heavy atom. The summed E-state index contributed by atoms with van der Waals surface area (Å²) in [5.74, 6) is 0.127. The smallest absolute Gasteiger partial charge is 0.219 e. The van der Waals surface area contributed by atoms with Crippen LogP contribution in [0.15, 0.2) is 54.7 Å². The molecule has 0 atom stereocenters. The van der Waals surface area contributed by atoms with Gasteiger partial charge in [0.1, 0.15) is 11.4 Å². The second kappa shape index (κ2) is 9.20. The molecule has 6 nitrogen and oxygen atoms in total. The van der Waals surface area contributed by atoms with E-state index in [2.05, 4.69) is 63.3 Å². The Bertz CT molecular complexity index is 1310. The highest BCUT2D eigenvalue weighted by atomic mass is 16.3. The van der Waals surface area contributed by atoms with Crippen molar-refractivity contribution >= 4 is 41.3 Å². The molecule has 2 aromatic heterocycles. The Balaban J connectivity index is 1.68. The van der Waals surface area contributed by atoms with E-state index in [1.165, 1.54) is 0 Å². The fourth-order valence-corrected chi connectivity index (χ4v) is 3.51. The summed E-state index contributed by atoms with van der Waals surface area (Å²) >= 11 is 0. The molecule has 0 saturated heterocycles. The van der Waals surface area contributed by atoms with Crippen LogP contribution in [-0.2, 0) is 0 Å². The maximum Gasteiger partial charge on any atom is 0.219 e. The topological polar surface area (TPSA) is 56.9 Å². The third-order valence-electron chi connectivity index (χ3n) is 5.49. The molecule has 0 aliphatic rings. The molecule has 2 aromatic carbocycles. The van der Waals surface area contributed by atoms with Gasteiger partial charge in [0.15, 0.2) is 5.65 Å². The molecule has 0 spiro atoms. The Morgan fingerprint density at radius 1 is 0.727 bits per heavy atom. The molecule has 0 aliphatic carbocycles. The zero-order valence-electron chi connectivity index (χ0n) is 19.7. The second-order valence-corrected chi connectivity index (χ2v) is 8.40. The highest BCUT2D eigenvalue weighted by Crippen LogP contribution is 2.23. The highest BCUT2D eigenvalue weighted by molar-refractivity contribution is 5.77. The molecule has 0 fully saturated rings. The molecule has 0 amide bonds. The van der Waals surface area contributed by atoms with Crippen LogP contribution in [-0.4, -0.2) is 47.7 Å². The summed E-state index contributed by atoms with van der Waals surface area (Å²) in [5.41, 5.74) is 7.06. The Morgan fingerprint density at radius 3 is 1.76 bits per heavy atom. The SMILES string of the molecule is Cc1nc2c(/C=C/c3ccc(N(C)C)cc3)nc(/C=C/c3ccc(N(C)C)cc3)cn2c1O. The number of imidazole rings is 1. The lowest BCUT2D eigenvalue weighted by Crippen LogP contribution is -2.07. The molecule has 0 saturated carbocycles. The van der Waals surface area contributed by atoms with Crippen LogP contribution in [0.5, 0.6) is 5.88 Å². The van der Waals surface area contributed by atoms with E-state index in [-0.39, 0.29) is 5.88 Å². The molecule has 0 bridgehead atoms. The predicted octanol–water partition coefficient (Wildman–Crippen LogP) is 5.22. The number of aromatic nitrogens is 3. The number of anilines is 2. The molecule has 33 heavy (non-hydrogen) atoms. The minimum Gasteiger partial charge on any atom is -0.493 e. The van der Waals surface area contributed by atoms with Gasteiger partial charge in [0.25, 0.3) is 0 Å². The van der Waals surface area contributed by atoms with Gasteiger partial charge in [-0.3, -0.25) is 4.40 Å². The maximum absolute atomic E-state index is 10.5. The Hall–Kier alpha value is -4.06. The van der Waals surface area contributed by atoms with Gasteiger partial charge in [0.05, 0.1) is 5.69 Å². The van der Waals surface area contributed by atoms with Crippen LogP contribution in [0.1, 0.15) is 28.2 Å². The summed E-state index contributed by atoms with van der Waals surface area (Å²) in [6.07, 6.45) is 9.72. The molecule has 0 radical (unpaired) electrons. The van der Waals surface area contributed by atoms with Gasteiger partial charge in [-0.15, -0.1) is 0 Å². The van der Waals surface area contributed by atoms with Crippen LogP contribution in [0.3, 0.4) is 0 Å². The van der Waals surface area contributed by atoms with Crippen molar-refractivity contribution in [2.75, 3.05) is 38.0 Å². The Labute approximate surface area is 194 Å². The quantitative estimate of drug-likeness (QED) is 0.447. The number of aromatic hydroxyl groups is 1. The minimum atomic E-state index is 0.127. The predicted molar refractivity (Wildman–Crippen MR) is 139 cm³/mol. The van der Waals surface area contributed by atoms with Crippen molar-refractivity contribution < 1.29 is 5.11 Å². The molecule has 4 aromatic rings. The largest absolute Gasteiger partial charge is 0.493 e. The third kappa shape index (κ3) is 4.90. The average molecular weight is 440 g/mol. The average Bonchev–Trinajstić information content (AvgIpc) is 3.10. The summed E-state index contributed by atoms with van der Waals surface area (Å²) in [4.78, 5) is 13.4. The summed E-state index contributed by atoms with van der Waals surface area (Å²) in [5, 5.41) is 10.5. The first-order valence-electron chi connectivity index (χ1n) is 10.8. The van der Waals surface area contributed by atoms with E-state index in [0.29, 0.717) is 17.0 Å². The van der Waals surface area contributed by atoms with E-state index in [0.717, 1.165) is 28.2 Å². The second-order valence-electron chi connectivity index (χ2n) is 8.40. The van der Waals surface area contributed by atoms with Crippen molar-refractivity contribution in [2.24, 2.45) is 0 Å². The zero-order valence-corrected chi connectivity index (χ0v) is 19.7. The molecule has 0 aliphatic heterocycles. The van der Waals surface area contributed by atoms with E-state index in [4.69, 9.17) is 4.98 Å². The fourth-order valence-electron chi connectivity index (χ4n) is 3.51. The number of hydrogen-bond donors (Lipinski definition) is 1. The van der Waals surface area contributed by atoms with Gasteiger partial charge >= 0.3 is 0 Å². The van der Waals surface area contributed by atoms with Gasteiger partial charge in [-0.25, -0.2) is 9.97 Å². The molecule has 6 heteroatoms. The molecule has 0 unspecified atom stereocenters. The van der Waals surface area contributed by atoms with Gasteiger partial charge in [0, 0.05) is 45.8 Å². The number of fused-ring (bicyclic) bond motifs is 1. The molecule has 1 N–H and O–H groups in total. The first-order chi connectivity index (χ1) is 15.8. The molecule has 168 valence electrons. The van der Waals surface area contributed by atoms with Crippen LogP contribution in [0.25, 0.3) is 30.0 Å². The first kappa shape index (κ1) is 22.1. The van der Waals surface area contributed by atoms with Crippen LogP contribution in [0, 0.1) is 6.92 Å². The van der Waals surface area contributed by atoms with Crippen molar-refractivity contribution in [1.82, 2.24) is 14.4 Å². The number of hydrogen-bond acceptors (Lipinski definition) is 5. The summed E-state index contributed by atoms with van der Waals surface area (Å²) in [6.45, 7) is 1.79. The van der Waals surface area contributed by atoms with Crippen LogP contribution in [0.4, 0.5) is 11.4 Å². The standard InChI is InChI=1S/C27H29N5O/c1-19-27(33)32-18-22(12-6-20-7-13-23(14-8-20)30(2)3)29-25(26(32)28-19)17-11-21-9-15-24(16-10-21)31(4)5/h6-18,33H,1-5H3/b12-6+,17-11+. The van der Waals surface area contributed by atoms with Gasteiger partial charge in [-0.1, -0.05) is 36.4 Å². The molecular weight excluding hydrogens is 410 g/mol. The minimum absolute atomic E-state index is 0.127. The monoisotopic (exact) mass is 439 g/mol. The number of nitrogens with zero attached hydrogens (tertiary/aromatic N) is 5. The van der Waals surface area contributed by atoms with E-state index in [9.17, 15) is 5.11 Å². The third-order valence-corrected chi connectivity index (χ3v) is 5.49. The van der Waals surface area contributed by atoms with E-state index >= 15 is 0 Å². The van der Waals surface area contributed by atoms with Crippen molar-refractivity contribution in [3.63, 3.8) is 0 Å². The van der Waals surface area contributed by atoms with Gasteiger partial charge < -0.3 is 14.9 Å². The highest BCUT2D eigenvalue weighted by Gasteiger charge is 2.12. The zero-order chi connectivity index (χ0) is 23.5. The number of benzene rings is 2. The molecule has 4 rings (SSSR count). The lowest BCUT2D eigenvalue weighted by Gasteiger charge is -2.11. The molecule has 2 heterocycles. The normalized spacial score (nSPS) is 11.7. The van der Waals surface area contributed by atoms with Crippen molar-refractivity contribution in [3.8, 4) is 5.88 Å². The van der Waals surface area contributed by atoms with E-state index < -0.39 is 0 Å². The van der Waals surface area contributed by atoms with Crippen molar-refractivity contribution in [3.05, 3.63) is 82.9 Å². The van der Waals surface area contributed by atoms with Gasteiger partial charge in [0.2, 0.25) is 5.88 Å². The maximum atomic E-state index is 10.5. The van der Waals surface area contributed by atoms with Gasteiger partial charge in [-0.2, -0.15) is 0 Å². The Kier molecular flexibility index (Phi) is 6.18. The van der Waals surface area contributed by atoms with Crippen LogP contribution in [0.2, 0.25) is 0 Å². The summed E-state index contributed by atoms with van der Waals surface area (Å²) < 4.78 is 1.69. The van der Waals surface area contributed by atoms with Crippen LogP contribution < -0.4 is 9.80 Å². The number of rotatable bonds is 6. The first-order valence-corrected chi connectivity index (χ1v) is 10.8. The van der Waals surface area contributed by atoms with Gasteiger partial charge in [-0.05, 0) is 54.5 Å². The fraction of sp³-hybridized carbons (Fsp3) is 0.185. The lowest BCUT2D eigenvalue weighted by molar-refractivity contribution is 0.444. The summed E-state index contributed by atoms with van der Waals surface area (Å²) in [6, 6.07) is 16.6. The summed E-state index contributed by atoms with van der Waals surface area (Å²) in [7, 11) is 8.09. The van der Waals surface area contributed by atoms with E-state index in [1.54, 1.807) is 17.5 Å². The number of aryl methyl sites for hydroxylation is 1. The van der Waals surface area contributed by atoms with Crippen molar-refractivity contribution in [2.45, 2.75) is 6.92 Å². The van der Waals surface area contributed by atoms with Crippen LogP contribution >= 0.6 is 0 Å². The van der Waals surface area contributed by atoms with Crippen molar-refractivity contribution in [1.29, 1.82) is 0 Å². The molecular formula is C27H29N5O. The lowest BCUT2D eigenvalue weighted by atomic mass is 10.1. The van der Waals surface area contributed by atoms with E-state index in [1.807, 2.05) is 52.5 Å².